The van der Waals surface area contributed by atoms with E-state index in [1.54, 1.807) is 10.6 Å². The maximum Gasteiger partial charge on any atom is 0.343 e. The Labute approximate surface area is 115 Å². The van der Waals surface area contributed by atoms with Crippen molar-refractivity contribution in [2.45, 2.75) is 18.6 Å². The summed E-state index contributed by atoms with van der Waals surface area (Å²) >= 11 is 1.47. The van der Waals surface area contributed by atoms with Crippen LogP contribution in [0.1, 0.15) is 6.92 Å². The zero-order valence-corrected chi connectivity index (χ0v) is 11.4. The normalized spacial score (nSPS) is 10.6. The minimum atomic E-state index is -0.182. The number of anilines is 1. The van der Waals surface area contributed by atoms with Crippen molar-refractivity contribution < 1.29 is 4.74 Å². The zero-order valence-electron chi connectivity index (χ0n) is 10.6. The Bertz CT molecular complexity index is 593. The van der Waals surface area contributed by atoms with Crippen LogP contribution >= 0.6 is 11.8 Å². The molecule has 1 aromatic heterocycles. The molecular weight excluding hydrogens is 264 g/mol. The number of nitrogens with zero attached hydrogens (tertiary/aromatic N) is 2. The smallest absolute Gasteiger partial charge is 0.343 e. The number of para-hydroxylation sites is 2. The lowest BCUT2D eigenvalue weighted by Crippen LogP contribution is -2.16. The number of benzene rings is 1. The first-order valence-corrected chi connectivity index (χ1v) is 6.96. The first-order chi connectivity index (χ1) is 9.22. The molecule has 0 radical (unpaired) electrons. The highest BCUT2D eigenvalue weighted by Gasteiger charge is 2.06. The van der Waals surface area contributed by atoms with Crippen molar-refractivity contribution in [1.29, 1.82) is 0 Å². The number of rotatable bonds is 6. The van der Waals surface area contributed by atoms with Gasteiger partial charge in [0.1, 0.15) is 5.75 Å². The molecule has 1 aromatic carbocycles. The van der Waals surface area contributed by atoms with Gasteiger partial charge < -0.3 is 10.5 Å². The number of aromatic nitrogens is 3. The molecule has 0 aliphatic heterocycles. The Morgan fingerprint density at radius 3 is 3.00 bits per heavy atom. The van der Waals surface area contributed by atoms with Gasteiger partial charge in [-0.3, -0.25) is 4.57 Å². The molecule has 2 rings (SSSR count). The van der Waals surface area contributed by atoms with Crippen LogP contribution < -0.4 is 16.2 Å². The molecule has 0 fully saturated rings. The van der Waals surface area contributed by atoms with Crippen molar-refractivity contribution in [2.75, 3.05) is 18.1 Å². The predicted molar refractivity (Wildman–Crippen MR) is 75.6 cm³/mol. The van der Waals surface area contributed by atoms with Gasteiger partial charge in [-0.2, -0.15) is 0 Å². The zero-order chi connectivity index (χ0) is 13.7. The Kier molecular flexibility index (Phi) is 4.51. The van der Waals surface area contributed by atoms with Crippen LogP contribution in [0.5, 0.6) is 5.75 Å². The highest BCUT2D eigenvalue weighted by atomic mass is 32.2. The molecule has 1 heterocycles. The number of nitrogens with one attached hydrogen (secondary N) is 1. The average Bonchev–Trinajstić information content (AvgIpc) is 2.77. The van der Waals surface area contributed by atoms with E-state index in [2.05, 4.69) is 10.2 Å². The average molecular weight is 280 g/mol. The lowest BCUT2D eigenvalue weighted by atomic mass is 10.3. The van der Waals surface area contributed by atoms with E-state index in [1.165, 1.54) is 11.8 Å². The number of thioether (sulfide) groups is 1. The minimum Gasteiger partial charge on any atom is -0.491 e. The molecule has 0 saturated carbocycles. The van der Waals surface area contributed by atoms with E-state index < -0.39 is 0 Å². The molecule has 0 spiro atoms. The third kappa shape index (κ3) is 3.31. The largest absolute Gasteiger partial charge is 0.491 e. The Morgan fingerprint density at radius 1 is 1.47 bits per heavy atom. The molecule has 3 N–H and O–H groups in total. The third-order valence-electron chi connectivity index (χ3n) is 2.53. The summed E-state index contributed by atoms with van der Waals surface area (Å²) in [5.74, 6) is 1.37. The third-order valence-corrected chi connectivity index (χ3v) is 3.47. The van der Waals surface area contributed by atoms with Gasteiger partial charge in [-0.15, -0.1) is 5.10 Å². The fraction of sp³-hybridized carbons (Fsp3) is 0.333. The van der Waals surface area contributed by atoms with E-state index in [1.807, 2.05) is 25.1 Å². The lowest BCUT2D eigenvalue weighted by molar-refractivity contribution is 0.345. The lowest BCUT2D eigenvalue weighted by Gasteiger charge is -2.08. The van der Waals surface area contributed by atoms with Crippen molar-refractivity contribution >= 4 is 17.4 Å². The van der Waals surface area contributed by atoms with E-state index in [-0.39, 0.29) is 5.69 Å². The highest BCUT2D eigenvalue weighted by Crippen LogP contribution is 2.20. The second kappa shape index (κ2) is 6.33. The molecule has 0 aliphatic rings. The monoisotopic (exact) mass is 280 g/mol. The van der Waals surface area contributed by atoms with Gasteiger partial charge in [0.25, 0.3) is 0 Å². The van der Waals surface area contributed by atoms with Gasteiger partial charge in [0.15, 0.2) is 5.16 Å². The molecule has 6 nitrogen and oxygen atoms in total. The summed E-state index contributed by atoms with van der Waals surface area (Å²) in [6.07, 6.45) is 0. The SMILES string of the molecule is CCn1c(SCCOc2ccccc2N)n[nH]c1=O. The van der Waals surface area contributed by atoms with E-state index in [9.17, 15) is 4.79 Å². The fourth-order valence-corrected chi connectivity index (χ4v) is 2.42. The van der Waals surface area contributed by atoms with Crippen LogP contribution in [0.4, 0.5) is 5.69 Å². The summed E-state index contributed by atoms with van der Waals surface area (Å²) < 4.78 is 7.15. The fourth-order valence-electron chi connectivity index (χ4n) is 1.59. The first-order valence-electron chi connectivity index (χ1n) is 5.97. The van der Waals surface area contributed by atoms with E-state index in [4.69, 9.17) is 10.5 Å². The summed E-state index contributed by atoms with van der Waals surface area (Å²) in [6.45, 7) is 3.01. The Hall–Kier alpha value is -1.89. The Morgan fingerprint density at radius 2 is 2.26 bits per heavy atom. The molecule has 0 saturated heterocycles. The summed E-state index contributed by atoms with van der Waals surface area (Å²) in [5, 5.41) is 7.07. The summed E-state index contributed by atoms with van der Waals surface area (Å²) in [5.41, 5.74) is 6.21. The van der Waals surface area contributed by atoms with Gasteiger partial charge in [0.2, 0.25) is 0 Å². The van der Waals surface area contributed by atoms with Crippen LogP contribution in [0, 0.1) is 0 Å². The van der Waals surface area contributed by atoms with Gasteiger partial charge in [0, 0.05) is 12.3 Å². The quantitative estimate of drug-likeness (QED) is 0.474. The Balaban J connectivity index is 1.84. The van der Waals surface area contributed by atoms with Gasteiger partial charge in [-0.1, -0.05) is 23.9 Å². The number of H-pyrrole nitrogens is 1. The number of aromatic amines is 1. The van der Waals surface area contributed by atoms with E-state index in [0.29, 0.717) is 35.5 Å². The summed E-state index contributed by atoms with van der Waals surface area (Å²) in [6, 6.07) is 7.36. The van der Waals surface area contributed by atoms with Crippen molar-refractivity contribution in [1.82, 2.24) is 14.8 Å². The minimum absolute atomic E-state index is 0.182. The molecule has 2 aromatic rings. The molecule has 0 amide bonds. The molecule has 102 valence electrons. The number of hydrogen-bond acceptors (Lipinski definition) is 5. The standard InChI is InChI=1S/C12H16N4O2S/c1-2-16-11(17)14-15-12(16)19-8-7-18-10-6-4-3-5-9(10)13/h3-6H,2,7-8,13H2,1H3,(H,14,17). The van der Waals surface area contributed by atoms with Crippen LogP contribution in [0.2, 0.25) is 0 Å². The molecule has 0 aliphatic carbocycles. The van der Waals surface area contributed by atoms with Crippen molar-refractivity contribution in [3.8, 4) is 5.75 Å². The molecule has 0 bridgehead atoms. The van der Waals surface area contributed by atoms with Crippen LogP contribution in [-0.4, -0.2) is 27.1 Å². The second-order valence-electron chi connectivity index (χ2n) is 3.79. The van der Waals surface area contributed by atoms with Gasteiger partial charge in [-0.05, 0) is 19.1 Å². The predicted octanol–water partition coefficient (Wildman–Crippen LogP) is 1.34. The van der Waals surface area contributed by atoms with Gasteiger partial charge in [0.05, 0.1) is 12.3 Å². The number of hydrogen-bond donors (Lipinski definition) is 2. The maximum absolute atomic E-state index is 11.4. The van der Waals surface area contributed by atoms with Gasteiger partial charge >= 0.3 is 5.69 Å². The molecule has 19 heavy (non-hydrogen) atoms. The molecule has 0 atom stereocenters. The number of nitrogen functional groups attached to an aromatic ring is 1. The first kappa shape index (κ1) is 13.5. The van der Waals surface area contributed by atoms with Crippen LogP contribution in [-0.2, 0) is 6.54 Å². The van der Waals surface area contributed by atoms with Crippen LogP contribution in [0.15, 0.2) is 34.2 Å². The number of nitrogens with two attached hydrogens (primary N) is 1. The maximum atomic E-state index is 11.4. The van der Waals surface area contributed by atoms with Crippen molar-refractivity contribution in [2.24, 2.45) is 0 Å². The number of ether oxygens (including phenoxy) is 1. The second-order valence-corrected chi connectivity index (χ2v) is 4.85. The summed E-state index contributed by atoms with van der Waals surface area (Å²) in [7, 11) is 0. The topological polar surface area (TPSA) is 85.9 Å². The van der Waals surface area contributed by atoms with Crippen molar-refractivity contribution in [3.05, 3.63) is 34.7 Å². The summed E-state index contributed by atoms with van der Waals surface area (Å²) in [4.78, 5) is 11.4. The highest BCUT2D eigenvalue weighted by molar-refractivity contribution is 7.99. The van der Waals surface area contributed by atoms with Crippen molar-refractivity contribution in [3.63, 3.8) is 0 Å². The van der Waals surface area contributed by atoms with E-state index >= 15 is 0 Å². The van der Waals surface area contributed by atoms with Crippen LogP contribution in [0.3, 0.4) is 0 Å². The molecular formula is C12H16N4O2S. The molecule has 0 unspecified atom stereocenters. The molecule has 7 heteroatoms. The van der Waals surface area contributed by atoms with Crippen LogP contribution in [0.25, 0.3) is 0 Å². The van der Waals surface area contributed by atoms with Gasteiger partial charge in [-0.25, -0.2) is 9.89 Å². The van der Waals surface area contributed by atoms with E-state index in [0.717, 1.165) is 0 Å².